The molecule has 10 N–H and O–H groups in total. The van der Waals surface area contributed by atoms with Crippen molar-refractivity contribution in [1.82, 2.24) is 0 Å². The molecule has 0 aromatic heterocycles. The predicted molar refractivity (Wildman–Crippen MR) is 241 cm³/mol. The highest BCUT2D eigenvalue weighted by Crippen LogP contribution is 2.71. The van der Waals surface area contributed by atoms with E-state index in [2.05, 4.69) is 26.8 Å². The molecule has 8 fully saturated rings. The lowest BCUT2D eigenvalue weighted by molar-refractivity contribution is -0.390. The maximum absolute atomic E-state index is 12.5. The van der Waals surface area contributed by atoms with E-state index in [1.165, 1.54) is 19.4 Å². The van der Waals surface area contributed by atoms with Gasteiger partial charge in [-0.1, -0.05) is 32.4 Å². The van der Waals surface area contributed by atoms with Crippen LogP contribution in [0.4, 0.5) is 0 Å². The fourth-order valence-corrected chi connectivity index (χ4v) is 14.8. The lowest BCUT2D eigenvalue weighted by Gasteiger charge is -2.59. The minimum absolute atomic E-state index is 0.0390. The van der Waals surface area contributed by atoms with Crippen LogP contribution in [0.3, 0.4) is 0 Å². The number of carboxylic acid groups (broad SMARTS) is 1. The second-order valence-corrected chi connectivity index (χ2v) is 23.3. The summed E-state index contributed by atoms with van der Waals surface area (Å²) in [6, 6.07) is 0. The lowest BCUT2D eigenvalue weighted by atomic mass is 9.47. The molecular formula is C50H78O21. The number of fused-ring (bicyclic) bond motifs is 7. The minimum atomic E-state index is -1.75. The molecule has 0 bridgehead atoms. The second kappa shape index (κ2) is 20.5. The van der Waals surface area contributed by atoms with Gasteiger partial charge in [-0.05, 0) is 99.7 Å². The number of esters is 1. The summed E-state index contributed by atoms with van der Waals surface area (Å²) in [5.74, 6) is -0.844. The van der Waals surface area contributed by atoms with Gasteiger partial charge in [-0.3, -0.25) is 9.59 Å². The van der Waals surface area contributed by atoms with Gasteiger partial charge in [0.15, 0.2) is 24.7 Å². The SMILES string of the molecule is C[C@@H]1O[C@@H](O[C@H]2[C@H](O[C@H]3CC[C@@]4(C)C(=CC[C@H]5[C@@H]6C[C@@H]7O[C@]8(CC[C@@H](COC(=O)C[C@@](C)(O)CC(=O)O)CO8)[C@@H](C)[C@@H]7[C@@]6(C)CC[C@@H]54)C3)O[C@H](CO)[C@@H](O)[C@@H]2O[C@@H]2OC[C@H](O)[C@H](O)[C@H]2O)[C@H](O)[C@H](O)[C@H]1O. The Kier molecular flexibility index (Phi) is 15.5. The average Bonchev–Trinajstić information content (AvgIpc) is 3.76. The van der Waals surface area contributed by atoms with E-state index in [1.807, 2.05) is 0 Å². The molecule has 21 nitrogen and oxygen atoms in total. The Hall–Kier alpha value is -2.00. The lowest BCUT2D eigenvalue weighted by Crippen LogP contribution is -2.66. The Morgan fingerprint density at radius 1 is 0.803 bits per heavy atom. The highest BCUT2D eigenvalue weighted by atomic mass is 16.8. The molecular weight excluding hydrogens is 937 g/mol. The van der Waals surface area contributed by atoms with Gasteiger partial charge in [0.05, 0.1) is 63.2 Å². The van der Waals surface area contributed by atoms with Crippen molar-refractivity contribution >= 4 is 11.9 Å². The maximum atomic E-state index is 12.5. The summed E-state index contributed by atoms with van der Waals surface area (Å²) in [5, 5.41) is 105. The molecule has 0 radical (unpaired) electrons. The molecule has 5 heterocycles. The number of ether oxygens (including phenoxy) is 9. The molecule has 9 rings (SSSR count). The van der Waals surface area contributed by atoms with E-state index in [-0.39, 0.29) is 35.4 Å². The first-order chi connectivity index (χ1) is 33.5. The van der Waals surface area contributed by atoms with Crippen LogP contribution in [0.2, 0.25) is 0 Å². The highest BCUT2D eigenvalue weighted by Gasteiger charge is 2.69. The van der Waals surface area contributed by atoms with Crippen molar-refractivity contribution in [3.05, 3.63) is 11.6 Å². The standard InChI is InChI=1S/C50H78O21/c1-22-35-31(71-50(22)13-8-24(20-65-50)19-63-34(55)17-47(3,62)16-33(53)54)15-29-27-7-6-25-14-26(9-11-48(25,4)28(27)10-12-49(29,35)5)67-46-43(70-45-41(61)39(59)36(56)23(2)66-45)42(38(58)32(18-51)68-46)69-44-40(60)37(57)30(52)21-64-44/h6,22-24,26-32,35-46,51-52,56-62H,7-21H2,1-5H3,(H,53,54)/t22-,23-,24-,26-,27+,28-,29-,30-,31-,32+,35-,36-,37-,38+,39+,40+,41+,42-,43+,44-,45-,46+,47-,48-,49-,50+/m0/s1. The Morgan fingerprint density at radius 2 is 1.54 bits per heavy atom. The molecule has 26 atom stereocenters. The Balaban J connectivity index is 0.858. The quantitative estimate of drug-likeness (QED) is 0.0857. The minimum Gasteiger partial charge on any atom is -0.481 e. The van der Waals surface area contributed by atoms with Crippen LogP contribution in [0.15, 0.2) is 11.6 Å². The molecule has 0 aromatic rings. The van der Waals surface area contributed by atoms with Gasteiger partial charge < -0.3 is 93.7 Å². The summed E-state index contributed by atoms with van der Waals surface area (Å²) in [6.45, 7) is 9.30. The van der Waals surface area contributed by atoms with Crippen molar-refractivity contribution in [2.75, 3.05) is 26.4 Å². The van der Waals surface area contributed by atoms with Crippen molar-refractivity contribution in [1.29, 1.82) is 0 Å². The van der Waals surface area contributed by atoms with Crippen LogP contribution in [-0.4, -0.2) is 199 Å². The number of hydrogen-bond donors (Lipinski definition) is 10. The molecule has 5 aliphatic heterocycles. The molecule has 0 aromatic carbocycles. The third-order valence-corrected chi connectivity index (χ3v) is 18.7. The first-order valence-electron chi connectivity index (χ1n) is 25.9. The van der Waals surface area contributed by atoms with E-state index in [4.69, 9.17) is 47.7 Å². The van der Waals surface area contributed by atoms with Crippen LogP contribution >= 0.6 is 0 Å². The topological polar surface area (TPSA) is 320 Å². The van der Waals surface area contributed by atoms with Crippen molar-refractivity contribution in [3.8, 4) is 0 Å². The molecule has 404 valence electrons. The molecule has 5 saturated heterocycles. The van der Waals surface area contributed by atoms with E-state index < -0.39 is 141 Å². The van der Waals surface area contributed by atoms with Crippen LogP contribution in [0.25, 0.3) is 0 Å². The second-order valence-electron chi connectivity index (χ2n) is 23.3. The smallest absolute Gasteiger partial charge is 0.308 e. The largest absolute Gasteiger partial charge is 0.481 e. The monoisotopic (exact) mass is 1010 g/mol. The van der Waals surface area contributed by atoms with Crippen molar-refractivity contribution < 1.29 is 103 Å². The van der Waals surface area contributed by atoms with Gasteiger partial charge in [-0.15, -0.1) is 0 Å². The van der Waals surface area contributed by atoms with Crippen molar-refractivity contribution in [2.24, 2.45) is 46.3 Å². The van der Waals surface area contributed by atoms with E-state index in [9.17, 15) is 55.5 Å². The maximum Gasteiger partial charge on any atom is 0.308 e. The zero-order valence-electron chi connectivity index (χ0n) is 41.3. The first kappa shape index (κ1) is 53.8. The van der Waals surface area contributed by atoms with Gasteiger partial charge in [-0.25, -0.2) is 0 Å². The van der Waals surface area contributed by atoms with Gasteiger partial charge >= 0.3 is 11.9 Å². The third-order valence-electron chi connectivity index (χ3n) is 18.7. The molecule has 21 heteroatoms. The summed E-state index contributed by atoms with van der Waals surface area (Å²) < 4.78 is 55.7. The number of rotatable bonds is 13. The number of carbonyl (C=O) groups excluding carboxylic acids is 1. The Labute approximate surface area is 413 Å². The van der Waals surface area contributed by atoms with Crippen LogP contribution < -0.4 is 0 Å². The first-order valence-corrected chi connectivity index (χ1v) is 25.9. The molecule has 3 saturated carbocycles. The van der Waals surface area contributed by atoms with E-state index in [0.717, 1.165) is 38.5 Å². The summed E-state index contributed by atoms with van der Waals surface area (Å²) in [4.78, 5) is 23.5. The number of aliphatic hydroxyl groups excluding tert-OH is 8. The summed E-state index contributed by atoms with van der Waals surface area (Å²) in [7, 11) is 0. The Morgan fingerprint density at radius 3 is 2.24 bits per heavy atom. The van der Waals surface area contributed by atoms with Gasteiger partial charge in [-0.2, -0.15) is 0 Å². The number of aliphatic carboxylic acids is 1. The van der Waals surface area contributed by atoms with Gasteiger partial charge in [0.25, 0.3) is 0 Å². The molecule has 71 heavy (non-hydrogen) atoms. The van der Waals surface area contributed by atoms with E-state index in [1.54, 1.807) is 0 Å². The number of aliphatic hydroxyl groups is 9. The summed E-state index contributed by atoms with van der Waals surface area (Å²) in [5.41, 5.74) is -0.486. The average molecular weight is 1020 g/mol. The summed E-state index contributed by atoms with van der Waals surface area (Å²) >= 11 is 0. The number of hydrogen-bond acceptors (Lipinski definition) is 20. The van der Waals surface area contributed by atoms with Gasteiger partial charge in [0.1, 0.15) is 61.0 Å². The molecule has 0 amide bonds. The van der Waals surface area contributed by atoms with Gasteiger partial charge in [0.2, 0.25) is 0 Å². The zero-order valence-corrected chi connectivity index (χ0v) is 41.3. The van der Waals surface area contributed by atoms with Crippen molar-refractivity contribution in [2.45, 2.75) is 215 Å². The predicted octanol–water partition coefficient (Wildman–Crippen LogP) is -0.00770. The van der Waals surface area contributed by atoms with Crippen LogP contribution in [0.5, 0.6) is 0 Å². The third kappa shape index (κ3) is 10.0. The number of carboxylic acids is 1. The Bertz CT molecular complexity index is 1930. The van der Waals surface area contributed by atoms with Crippen LogP contribution in [0, 0.1) is 46.3 Å². The summed E-state index contributed by atoms with van der Waals surface area (Å²) in [6.07, 6.45) is -12.6. The van der Waals surface area contributed by atoms with Crippen LogP contribution in [0.1, 0.15) is 105 Å². The van der Waals surface area contributed by atoms with Crippen LogP contribution in [-0.2, 0) is 52.2 Å². The zero-order chi connectivity index (χ0) is 51.1. The molecule has 0 unspecified atom stereocenters. The van der Waals surface area contributed by atoms with Gasteiger partial charge in [0, 0.05) is 18.3 Å². The fraction of sp³-hybridized carbons (Fsp3) is 0.920. The highest BCUT2D eigenvalue weighted by molar-refractivity contribution is 5.73. The molecule has 1 spiro atoms. The fourth-order valence-electron chi connectivity index (χ4n) is 14.8. The number of allylic oxidation sites excluding steroid dienone is 1. The molecule has 9 aliphatic rings. The van der Waals surface area contributed by atoms with E-state index >= 15 is 0 Å². The van der Waals surface area contributed by atoms with E-state index in [0.29, 0.717) is 49.5 Å². The van der Waals surface area contributed by atoms with Crippen molar-refractivity contribution in [3.63, 3.8) is 0 Å². The molecule has 4 aliphatic carbocycles. The number of carbonyl (C=O) groups is 2. The normalized spacial score (nSPS) is 51.5.